The summed E-state index contributed by atoms with van der Waals surface area (Å²) < 4.78 is 5.84. The van der Waals surface area contributed by atoms with Crippen molar-refractivity contribution < 1.29 is 24.3 Å². The van der Waals surface area contributed by atoms with Crippen LogP contribution in [0.25, 0.3) is 43.2 Å². The zero-order valence-electron chi connectivity index (χ0n) is 34.4. The van der Waals surface area contributed by atoms with E-state index in [4.69, 9.17) is 9.51 Å². The largest absolute Gasteiger partial charge is 0.507 e. The molecular weight excluding hydrogens is 825 g/mol. The topological polar surface area (TPSA) is 171 Å². The number of β-amino-alcohol motifs (C(OH)–C–C–N with tert-alkyl or cyclic N) is 1. The summed E-state index contributed by atoms with van der Waals surface area (Å²) in [7, 11) is -1.93. The molecular formula is C45H46N8O5S2Si. The van der Waals surface area contributed by atoms with Crippen LogP contribution in [-0.2, 0) is 9.59 Å². The van der Waals surface area contributed by atoms with E-state index in [0.29, 0.717) is 28.6 Å². The molecule has 0 bridgehead atoms. The van der Waals surface area contributed by atoms with Crippen molar-refractivity contribution in [3.05, 3.63) is 106 Å². The highest BCUT2D eigenvalue weighted by molar-refractivity contribution is 7.19. The second-order valence-corrected chi connectivity index (χ2v) is 20.7. The van der Waals surface area contributed by atoms with Gasteiger partial charge < -0.3 is 29.5 Å². The van der Waals surface area contributed by atoms with Gasteiger partial charge in [0.05, 0.1) is 27.9 Å². The van der Waals surface area contributed by atoms with E-state index in [9.17, 15) is 19.8 Å². The van der Waals surface area contributed by atoms with Gasteiger partial charge in [-0.25, -0.2) is 9.97 Å². The molecule has 2 saturated heterocycles. The number of thiazole rings is 1. The van der Waals surface area contributed by atoms with Gasteiger partial charge in [0, 0.05) is 65.6 Å². The van der Waals surface area contributed by atoms with Crippen LogP contribution in [0.5, 0.6) is 5.75 Å². The Labute approximate surface area is 362 Å². The van der Waals surface area contributed by atoms with Crippen molar-refractivity contribution in [3.63, 3.8) is 0 Å². The third-order valence-electron chi connectivity index (χ3n) is 11.9. The van der Waals surface area contributed by atoms with E-state index in [0.717, 1.165) is 56.0 Å². The number of hydrogen-bond acceptors (Lipinski definition) is 13. The molecule has 13 nitrogen and oxygen atoms in total. The molecule has 0 spiro atoms. The summed E-state index contributed by atoms with van der Waals surface area (Å²) >= 11 is 3.27. The number of phenols is 1. The third kappa shape index (κ3) is 7.84. The third-order valence-corrected chi connectivity index (χ3v) is 16.4. The van der Waals surface area contributed by atoms with Gasteiger partial charge in [-0.15, -0.1) is 32.9 Å². The molecule has 9 rings (SSSR count). The van der Waals surface area contributed by atoms with Gasteiger partial charge in [0.25, 0.3) is 0 Å². The van der Waals surface area contributed by atoms with E-state index < -0.39 is 27.0 Å². The number of likely N-dealkylation sites (tertiary alicyclic amines) is 1. The summed E-state index contributed by atoms with van der Waals surface area (Å²) in [5.41, 5.74) is 7.74. The number of nitrogens with one attached hydrogen (secondary N) is 1. The predicted octanol–water partition coefficient (Wildman–Crippen LogP) is 6.54. The average Bonchev–Trinajstić information content (AvgIpc) is 4.05. The molecule has 0 unspecified atom stereocenters. The summed E-state index contributed by atoms with van der Waals surface area (Å²) in [6.07, 6.45) is 1.13. The molecule has 312 valence electrons. The number of thiophene rings is 1. The van der Waals surface area contributed by atoms with E-state index >= 15 is 0 Å². The number of nitrogens with zero attached hydrogens (tertiary/aromatic N) is 7. The lowest BCUT2D eigenvalue weighted by Crippen LogP contribution is -2.54. The van der Waals surface area contributed by atoms with Crippen LogP contribution in [0.15, 0.2) is 89.0 Å². The number of aromatic hydroxyl groups is 1. The standard InChI is InChI=1S/C45H46N8O5S2Si/c1-24(2)40(45(57)53-22-30(54)16-36(53)43(56)51-61(5)31-13-10-27(11-14-31)42-26(4)47-23-59-42)38-18-34(50-58-38)28-12-15-39(46-19-28)52-20-29(21-52)41-25(3)33-17-35(48-49-44(33)60-41)32-8-6-7-9-37(32)55/h6-15,17-19,23-24,29-30,36,40,54-55,61H,16,20-22H2,1-5H3,(H,51,56)/t30-,36+,40-,61+/m1/s1. The molecule has 3 N–H and O–H groups in total. The molecule has 2 aliphatic rings. The SMILES string of the molecule is Cc1ncsc1-c1ccc([Si@H](C)NC(=O)[C@@H]2C[C@@H](O)CN2C(=O)[C@@H](c2cc(-c3ccc(N4CC(c5sc6nnc(-c7ccccc7O)cc6c5C)C4)nc3)no2)C(C)C)cc1. The number of aromatic nitrogens is 5. The Kier molecular flexibility index (Phi) is 11.0. The quantitative estimate of drug-likeness (QED) is 0.121. The van der Waals surface area contributed by atoms with Gasteiger partial charge in [-0.05, 0) is 66.4 Å². The molecule has 7 aromatic rings. The predicted molar refractivity (Wildman–Crippen MR) is 241 cm³/mol. The Hall–Kier alpha value is -5.81. The van der Waals surface area contributed by atoms with Crippen molar-refractivity contribution in [2.75, 3.05) is 24.5 Å². The Morgan fingerprint density at radius 2 is 1.72 bits per heavy atom. The number of aliphatic hydroxyl groups is 1. The highest BCUT2D eigenvalue weighted by atomic mass is 32.1. The molecule has 0 radical (unpaired) electrons. The monoisotopic (exact) mass is 870 g/mol. The summed E-state index contributed by atoms with van der Waals surface area (Å²) in [5, 5.41) is 36.5. The lowest BCUT2D eigenvalue weighted by molar-refractivity contribution is -0.140. The van der Waals surface area contributed by atoms with Crippen LogP contribution in [0.1, 0.15) is 54.0 Å². The molecule has 2 fully saturated rings. The Morgan fingerprint density at radius 3 is 2.43 bits per heavy atom. The number of anilines is 1. The number of hydrogen-bond donors (Lipinski definition) is 3. The van der Waals surface area contributed by atoms with Crippen molar-refractivity contribution in [3.8, 4) is 38.7 Å². The Morgan fingerprint density at radius 1 is 0.951 bits per heavy atom. The van der Waals surface area contributed by atoms with Gasteiger partial charge in [-0.1, -0.05) is 61.9 Å². The van der Waals surface area contributed by atoms with E-state index in [1.165, 1.54) is 15.3 Å². The molecule has 2 amide bonds. The fraction of sp³-hybridized carbons (Fsp3) is 0.311. The number of amides is 2. The van der Waals surface area contributed by atoms with Crippen molar-refractivity contribution in [2.45, 2.75) is 64.6 Å². The molecule has 7 heterocycles. The zero-order valence-corrected chi connectivity index (χ0v) is 37.2. The van der Waals surface area contributed by atoms with Crippen LogP contribution in [0.3, 0.4) is 0 Å². The van der Waals surface area contributed by atoms with Crippen LogP contribution < -0.4 is 15.1 Å². The van der Waals surface area contributed by atoms with Gasteiger partial charge >= 0.3 is 0 Å². The number of rotatable bonds is 11. The number of aryl methyl sites for hydroxylation is 2. The molecule has 4 atom stereocenters. The molecule has 0 saturated carbocycles. The first-order valence-electron chi connectivity index (χ1n) is 20.5. The second kappa shape index (κ2) is 16.6. The van der Waals surface area contributed by atoms with E-state index in [1.807, 2.05) is 56.6 Å². The average molecular weight is 871 g/mol. The molecule has 2 aliphatic heterocycles. The maximum atomic E-state index is 14.3. The minimum atomic E-state index is -1.93. The van der Waals surface area contributed by atoms with Gasteiger partial charge in [-0.3, -0.25) is 9.59 Å². The summed E-state index contributed by atoms with van der Waals surface area (Å²) in [4.78, 5) is 47.5. The fourth-order valence-corrected chi connectivity index (χ4v) is 12.1. The normalized spacial score (nSPS) is 17.8. The van der Waals surface area contributed by atoms with Crippen LogP contribution >= 0.6 is 22.7 Å². The minimum Gasteiger partial charge on any atom is -0.507 e. The summed E-state index contributed by atoms with van der Waals surface area (Å²) in [6.45, 7) is 11.8. The summed E-state index contributed by atoms with van der Waals surface area (Å²) in [6, 6.07) is 22.3. The van der Waals surface area contributed by atoms with Crippen LogP contribution in [-0.4, -0.2) is 93.0 Å². The lowest BCUT2D eigenvalue weighted by Gasteiger charge is -2.40. The number of phenolic OH excluding ortho intramolecular Hbond substituents is 1. The molecule has 5 aromatic heterocycles. The van der Waals surface area contributed by atoms with Crippen molar-refractivity contribution in [2.24, 2.45) is 5.92 Å². The van der Waals surface area contributed by atoms with Crippen LogP contribution in [0.4, 0.5) is 5.82 Å². The van der Waals surface area contributed by atoms with E-state index in [1.54, 1.807) is 47.1 Å². The van der Waals surface area contributed by atoms with Gasteiger partial charge in [-0.2, -0.15) is 0 Å². The van der Waals surface area contributed by atoms with Gasteiger partial charge in [0.2, 0.25) is 11.8 Å². The number of pyridine rings is 1. The highest BCUT2D eigenvalue weighted by Crippen LogP contribution is 2.41. The number of carbonyl (C=O) groups is 2. The number of carbonyl (C=O) groups excluding carboxylic acids is 2. The second-order valence-electron chi connectivity index (χ2n) is 16.4. The number of aliphatic hydroxyl groups excluding tert-OH is 1. The van der Waals surface area contributed by atoms with E-state index in [2.05, 4.69) is 68.0 Å². The van der Waals surface area contributed by atoms with Crippen molar-refractivity contribution in [1.29, 1.82) is 0 Å². The molecule has 2 aromatic carbocycles. The number of fused-ring (bicyclic) bond motifs is 1. The maximum Gasteiger partial charge on any atom is 0.235 e. The smallest absolute Gasteiger partial charge is 0.235 e. The van der Waals surface area contributed by atoms with Gasteiger partial charge in [0.1, 0.15) is 39.8 Å². The molecule has 61 heavy (non-hydrogen) atoms. The van der Waals surface area contributed by atoms with Gasteiger partial charge in [0.15, 0.2) is 8.96 Å². The summed E-state index contributed by atoms with van der Waals surface area (Å²) in [5.74, 6) is 0.383. The Bertz CT molecular complexity index is 2730. The minimum absolute atomic E-state index is 0.0693. The number of para-hydroxylation sites is 1. The first-order chi connectivity index (χ1) is 29.4. The first kappa shape index (κ1) is 40.6. The molecule has 0 aliphatic carbocycles. The maximum absolute atomic E-state index is 14.3. The lowest BCUT2D eigenvalue weighted by atomic mass is 9.91. The highest BCUT2D eigenvalue weighted by Gasteiger charge is 2.43. The molecule has 16 heteroatoms. The fourth-order valence-electron chi connectivity index (χ4n) is 8.49. The first-order valence-corrected chi connectivity index (χ1v) is 24.5. The Balaban J connectivity index is 0.840. The van der Waals surface area contributed by atoms with Crippen LogP contribution in [0.2, 0.25) is 6.55 Å². The zero-order chi connectivity index (χ0) is 42.5. The van der Waals surface area contributed by atoms with Crippen LogP contribution in [0, 0.1) is 19.8 Å². The van der Waals surface area contributed by atoms with Crippen molar-refractivity contribution >= 4 is 64.7 Å². The van der Waals surface area contributed by atoms with Crippen molar-refractivity contribution in [1.82, 2.24) is 35.2 Å². The van der Waals surface area contributed by atoms with E-state index in [-0.39, 0.29) is 36.4 Å². The number of benzene rings is 2.